The van der Waals surface area contributed by atoms with Crippen molar-refractivity contribution in [1.29, 1.82) is 0 Å². The molecule has 1 amide bonds. The molecule has 0 spiro atoms. The summed E-state index contributed by atoms with van der Waals surface area (Å²) in [4.78, 5) is 22.3. The number of carbonyl (C=O) groups is 1. The smallest absolute Gasteiger partial charge is 0.335 e. The van der Waals surface area contributed by atoms with Gasteiger partial charge < -0.3 is 19.6 Å². The van der Waals surface area contributed by atoms with Gasteiger partial charge in [-0.2, -0.15) is 0 Å². The van der Waals surface area contributed by atoms with Crippen LogP contribution < -0.4 is 10.9 Å². The average molecular weight is 239 g/mol. The summed E-state index contributed by atoms with van der Waals surface area (Å²) in [5, 5.41) is 12.5. The molecule has 1 aromatic rings. The molecule has 17 heavy (non-hydrogen) atoms. The Bertz CT molecular complexity index is 441. The molecule has 92 valence electrons. The molecule has 1 aromatic heterocycles. The van der Waals surface area contributed by atoms with E-state index >= 15 is 0 Å². The summed E-state index contributed by atoms with van der Waals surface area (Å²) in [5.41, 5.74) is -1.26. The van der Waals surface area contributed by atoms with Gasteiger partial charge in [0.05, 0.1) is 12.2 Å². The Balaban J connectivity index is 1.93. The summed E-state index contributed by atoms with van der Waals surface area (Å²) >= 11 is 0. The molecule has 1 aliphatic heterocycles. The van der Waals surface area contributed by atoms with Crippen molar-refractivity contribution < 1.29 is 19.1 Å². The minimum Gasteiger partial charge on any atom is -0.430 e. The molecule has 2 heterocycles. The van der Waals surface area contributed by atoms with Gasteiger partial charge in [-0.05, 0) is 6.07 Å². The lowest BCUT2D eigenvalue weighted by molar-refractivity contribution is 0.0264. The standard InChI is InChI=1S/C11H13NO5/c13-9-2-1-8(5-17-9)10(14)12-6-11(15)3-4-16-7-11/h1-2,5,15H,3-4,6-7H2,(H,12,14). The van der Waals surface area contributed by atoms with Gasteiger partial charge in [0, 0.05) is 25.6 Å². The second-order valence-corrected chi connectivity index (χ2v) is 4.05. The van der Waals surface area contributed by atoms with Gasteiger partial charge in [0.25, 0.3) is 5.91 Å². The maximum atomic E-state index is 11.6. The van der Waals surface area contributed by atoms with Gasteiger partial charge in [0.15, 0.2) is 0 Å². The van der Waals surface area contributed by atoms with Gasteiger partial charge in [-0.15, -0.1) is 0 Å². The molecule has 1 atom stereocenters. The molecule has 1 aliphatic rings. The number of aliphatic hydroxyl groups is 1. The molecular weight excluding hydrogens is 226 g/mol. The lowest BCUT2D eigenvalue weighted by Crippen LogP contribution is -2.43. The molecule has 6 heteroatoms. The zero-order valence-electron chi connectivity index (χ0n) is 9.14. The number of hydrogen-bond donors (Lipinski definition) is 2. The van der Waals surface area contributed by atoms with Crippen LogP contribution in [0.1, 0.15) is 16.8 Å². The predicted octanol–water partition coefficient (Wildman–Crippen LogP) is -0.479. The molecule has 0 saturated carbocycles. The Morgan fingerprint density at radius 1 is 1.53 bits per heavy atom. The van der Waals surface area contributed by atoms with Crippen LogP contribution >= 0.6 is 0 Å². The lowest BCUT2D eigenvalue weighted by atomic mass is 10.0. The Hall–Kier alpha value is -1.66. The van der Waals surface area contributed by atoms with Crippen molar-refractivity contribution in [2.45, 2.75) is 12.0 Å². The Labute approximate surface area is 97.2 Å². The van der Waals surface area contributed by atoms with Crippen molar-refractivity contribution in [2.24, 2.45) is 0 Å². The van der Waals surface area contributed by atoms with E-state index in [1.807, 2.05) is 0 Å². The first-order valence-corrected chi connectivity index (χ1v) is 5.26. The van der Waals surface area contributed by atoms with Gasteiger partial charge in [-0.25, -0.2) is 4.79 Å². The fourth-order valence-electron chi connectivity index (χ4n) is 1.57. The highest BCUT2D eigenvalue weighted by molar-refractivity contribution is 5.93. The van der Waals surface area contributed by atoms with Crippen molar-refractivity contribution in [2.75, 3.05) is 19.8 Å². The van der Waals surface area contributed by atoms with Crippen LogP contribution in [0, 0.1) is 0 Å². The van der Waals surface area contributed by atoms with Crippen LogP contribution in [0.3, 0.4) is 0 Å². The minimum absolute atomic E-state index is 0.116. The quantitative estimate of drug-likeness (QED) is 0.743. The van der Waals surface area contributed by atoms with Gasteiger partial charge in [0.1, 0.15) is 11.9 Å². The number of amides is 1. The Kier molecular flexibility index (Phi) is 3.26. The van der Waals surface area contributed by atoms with Crippen molar-refractivity contribution in [3.8, 4) is 0 Å². The summed E-state index contributed by atoms with van der Waals surface area (Å²) in [6.45, 7) is 0.828. The molecule has 1 saturated heterocycles. The average Bonchev–Trinajstić information content (AvgIpc) is 2.75. The number of ether oxygens (including phenoxy) is 1. The van der Waals surface area contributed by atoms with E-state index in [2.05, 4.69) is 9.73 Å². The maximum Gasteiger partial charge on any atom is 0.335 e. The molecular formula is C11H13NO5. The SMILES string of the molecule is O=C(NCC1(O)CCOC1)c1ccc(=O)oc1. The van der Waals surface area contributed by atoms with Crippen LogP contribution in [-0.2, 0) is 4.74 Å². The van der Waals surface area contributed by atoms with Crippen molar-refractivity contribution in [3.05, 3.63) is 34.4 Å². The van der Waals surface area contributed by atoms with Gasteiger partial charge in [0.2, 0.25) is 0 Å². The number of hydrogen-bond acceptors (Lipinski definition) is 5. The summed E-state index contributed by atoms with van der Waals surface area (Å²) in [6.07, 6.45) is 1.59. The predicted molar refractivity (Wildman–Crippen MR) is 57.7 cm³/mol. The third-order valence-electron chi connectivity index (χ3n) is 2.62. The van der Waals surface area contributed by atoms with E-state index in [0.717, 1.165) is 6.26 Å². The molecule has 1 fully saturated rings. The summed E-state index contributed by atoms with van der Waals surface area (Å²) in [5.74, 6) is -0.394. The van der Waals surface area contributed by atoms with Crippen LogP contribution in [0.5, 0.6) is 0 Å². The Morgan fingerprint density at radius 2 is 2.35 bits per heavy atom. The summed E-state index contributed by atoms with van der Waals surface area (Å²) in [6, 6.07) is 2.54. The molecule has 0 radical (unpaired) electrons. The van der Waals surface area contributed by atoms with Crippen molar-refractivity contribution in [1.82, 2.24) is 5.32 Å². The van der Waals surface area contributed by atoms with Crippen LogP contribution in [0.2, 0.25) is 0 Å². The first-order valence-electron chi connectivity index (χ1n) is 5.26. The number of rotatable bonds is 3. The van der Waals surface area contributed by atoms with Crippen molar-refractivity contribution in [3.63, 3.8) is 0 Å². The maximum absolute atomic E-state index is 11.6. The molecule has 6 nitrogen and oxygen atoms in total. The van der Waals surface area contributed by atoms with Crippen LogP contribution in [0.15, 0.2) is 27.6 Å². The van der Waals surface area contributed by atoms with E-state index in [1.165, 1.54) is 12.1 Å². The summed E-state index contributed by atoms with van der Waals surface area (Å²) < 4.78 is 9.63. The zero-order chi connectivity index (χ0) is 12.3. The third-order valence-corrected chi connectivity index (χ3v) is 2.62. The van der Waals surface area contributed by atoms with E-state index < -0.39 is 17.1 Å². The van der Waals surface area contributed by atoms with Crippen LogP contribution in [-0.4, -0.2) is 36.4 Å². The van der Waals surface area contributed by atoms with Crippen LogP contribution in [0.4, 0.5) is 0 Å². The van der Waals surface area contributed by atoms with Gasteiger partial charge in [-0.1, -0.05) is 0 Å². The van der Waals surface area contributed by atoms with E-state index in [9.17, 15) is 14.7 Å². The highest BCUT2D eigenvalue weighted by Crippen LogP contribution is 2.16. The zero-order valence-corrected chi connectivity index (χ0v) is 9.14. The lowest BCUT2D eigenvalue weighted by Gasteiger charge is -2.20. The molecule has 0 aliphatic carbocycles. The highest BCUT2D eigenvalue weighted by Gasteiger charge is 2.32. The third kappa shape index (κ3) is 2.92. The first-order chi connectivity index (χ1) is 8.09. The van der Waals surface area contributed by atoms with E-state index in [-0.39, 0.29) is 18.7 Å². The normalized spacial score (nSPS) is 23.6. The van der Waals surface area contributed by atoms with E-state index in [0.29, 0.717) is 13.0 Å². The Morgan fingerprint density at radius 3 is 2.94 bits per heavy atom. The second-order valence-electron chi connectivity index (χ2n) is 4.05. The van der Waals surface area contributed by atoms with Gasteiger partial charge in [-0.3, -0.25) is 4.79 Å². The molecule has 2 N–H and O–H groups in total. The molecule has 0 aromatic carbocycles. The second kappa shape index (κ2) is 4.68. The monoisotopic (exact) mass is 239 g/mol. The largest absolute Gasteiger partial charge is 0.430 e. The summed E-state index contributed by atoms with van der Waals surface area (Å²) in [7, 11) is 0. The first kappa shape index (κ1) is 11.8. The van der Waals surface area contributed by atoms with Crippen molar-refractivity contribution >= 4 is 5.91 Å². The fourth-order valence-corrected chi connectivity index (χ4v) is 1.57. The van der Waals surface area contributed by atoms with Gasteiger partial charge >= 0.3 is 5.63 Å². The minimum atomic E-state index is -0.995. The van der Waals surface area contributed by atoms with E-state index in [1.54, 1.807) is 0 Å². The highest BCUT2D eigenvalue weighted by atomic mass is 16.5. The topological polar surface area (TPSA) is 88.8 Å². The van der Waals surface area contributed by atoms with E-state index in [4.69, 9.17) is 4.74 Å². The molecule has 0 bridgehead atoms. The van der Waals surface area contributed by atoms with Crippen LogP contribution in [0.25, 0.3) is 0 Å². The number of nitrogens with one attached hydrogen (secondary N) is 1. The fraction of sp³-hybridized carbons (Fsp3) is 0.455. The molecule has 2 rings (SSSR count). The molecule has 1 unspecified atom stereocenters. The number of carbonyl (C=O) groups excluding carboxylic acids is 1.